The molecule has 1 heterocycles. The summed E-state index contributed by atoms with van der Waals surface area (Å²) in [7, 11) is 0. The zero-order valence-corrected chi connectivity index (χ0v) is 13.9. The average molecular weight is 319 g/mol. The van der Waals surface area contributed by atoms with Crippen LogP contribution in [0.25, 0.3) is 11.3 Å². The molecular weight excluding hydrogens is 298 g/mol. The van der Waals surface area contributed by atoms with E-state index < -0.39 is 0 Å². The number of aromatic nitrogens is 2. The van der Waals surface area contributed by atoms with E-state index in [1.54, 1.807) is 0 Å². The summed E-state index contributed by atoms with van der Waals surface area (Å²) in [6.07, 6.45) is 0. The van der Waals surface area contributed by atoms with E-state index in [4.69, 9.17) is 0 Å². The molecule has 0 aliphatic rings. The van der Waals surface area contributed by atoms with Crippen LogP contribution in [0, 0.1) is 5.92 Å². The lowest BCUT2D eigenvalue weighted by atomic mass is 10.1. The van der Waals surface area contributed by atoms with Gasteiger partial charge in [0, 0.05) is 24.1 Å². The number of hydrogen-bond acceptors (Lipinski definition) is 3. The van der Waals surface area contributed by atoms with Crippen molar-refractivity contribution in [1.29, 1.82) is 0 Å². The smallest absolute Gasteiger partial charge is 0.251 e. The Hall–Kier alpha value is -2.88. The maximum Gasteiger partial charge on any atom is 0.251 e. The number of rotatable bonds is 5. The van der Waals surface area contributed by atoms with Crippen LogP contribution in [0.1, 0.15) is 24.2 Å². The van der Waals surface area contributed by atoms with Crippen molar-refractivity contribution in [1.82, 2.24) is 9.78 Å². The number of carbonyl (C=O) groups excluding carboxylic acids is 1. The third-order valence-corrected chi connectivity index (χ3v) is 3.80. The minimum atomic E-state index is -0.120. The van der Waals surface area contributed by atoms with E-state index in [2.05, 4.69) is 22.5 Å². The van der Waals surface area contributed by atoms with E-state index in [-0.39, 0.29) is 11.8 Å². The zero-order chi connectivity index (χ0) is 16.9. The Morgan fingerprint density at radius 1 is 1.04 bits per heavy atom. The highest BCUT2D eigenvalue weighted by molar-refractivity contribution is 5.84. The quantitative estimate of drug-likeness (QED) is 0.755. The van der Waals surface area contributed by atoms with E-state index in [0.717, 1.165) is 22.6 Å². The molecule has 3 aromatic rings. The fraction of sp³-hybridized carbons (Fsp3) is 0.200. The van der Waals surface area contributed by atoms with E-state index >= 15 is 0 Å². The van der Waals surface area contributed by atoms with Crippen molar-refractivity contribution >= 4 is 11.7 Å². The predicted octanol–water partition coefficient (Wildman–Crippen LogP) is 4.46. The van der Waals surface area contributed by atoms with Crippen LogP contribution in [0.4, 0.5) is 5.82 Å². The highest BCUT2D eigenvalue weighted by Gasteiger charge is 2.17. The molecule has 4 heteroatoms. The first-order valence-electron chi connectivity index (χ1n) is 8.12. The van der Waals surface area contributed by atoms with Gasteiger partial charge in [0.15, 0.2) is 0 Å². The SMILES string of the molecule is CC(C)C(=O)n1nc(-c2ccccc2)cc1NCc1ccccc1. The highest BCUT2D eigenvalue weighted by Crippen LogP contribution is 2.23. The summed E-state index contributed by atoms with van der Waals surface area (Å²) in [6, 6.07) is 21.9. The first kappa shape index (κ1) is 16.0. The van der Waals surface area contributed by atoms with Gasteiger partial charge in [0.2, 0.25) is 0 Å². The number of nitrogens with zero attached hydrogens (tertiary/aromatic N) is 2. The summed E-state index contributed by atoms with van der Waals surface area (Å²) in [5.74, 6) is 0.579. The Balaban J connectivity index is 1.91. The third-order valence-electron chi connectivity index (χ3n) is 3.80. The van der Waals surface area contributed by atoms with Crippen molar-refractivity contribution in [2.24, 2.45) is 5.92 Å². The van der Waals surface area contributed by atoms with Crippen LogP contribution in [-0.2, 0) is 6.54 Å². The van der Waals surface area contributed by atoms with Crippen molar-refractivity contribution in [3.8, 4) is 11.3 Å². The van der Waals surface area contributed by atoms with Crippen LogP contribution in [0.5, 0.6) is 0 Å². The molecule has 0 atom stereocenters. The molecule has 0 unspecified atom stereocenters. The van der Waals surface area contributed by atoms with Crippen LogP contribution in [0.2, 0.25) is 0 Å². The van der Waals surface area contributed by atoms with Crippen LogP contribution in [-0.4, -0.2) is 15.7 Å². The van der Waals surface area contributed by atoms with E-state index in [0.29, 0.717) is 6.54 Å². The number of nitrogens with one attached hydrogen (secondary N) is 1. The maximum atomic E-state index is 12.5. The molecule has 0 bridgehead atoms. The van der Waals surface area contributed by atoms with Crippen LogP contribution < -0.4 is 5.32 Å². The molecule has 0 amide bonds. The van der Waals surface area contributed by atoms with Crippen LogP contribution >= 0.6 is 0 Å². The molecular formula is C20H21N3O. The Morgan fingerprint density at radius 2 is 1.67 bits per heavy atom. The van der Waals surface area contributed by atoms with Crippen molar-refractivity contribution in [3.63, 3.8) is 0 Å². The number of hydrogen-bond donors (Lipinski definition) is 1. The summed E-state index contributed by atoms with van der Waals surface area (Å²) >= 11 is 0. The normalized spacial score (nSPS) is 10.8. The first-order valence-corrected chi connectivity index (χ1v) is 8.12. The molecule has 24 heavy (non-hydrogen) atoms. The van der Waals surface area contributed by atoms with Crippen LogP contribution in [0.3, 0.4) is 0 Å². The first-order chi connectivity index (χ1) is 11.6. The lowest BCUT2D eigenvalue weighted by molar-refractivity contribution is 0.0841. The van der Waals surface area contributed by atoms with E-state index in [1.165, 1.54) is 4.68 Å². The summed E-state index contributed by atoms with van der Waals surface area (Å²) < 4.78 is 1.48. The van der Waals surface area contributed by atoms with E-state index in [9.17, 15) is 4.79 Å². The lowest BCUT2D eigenvalue weighted by Gasteiger charge is -2.10. The van der Waals surface area contributed by atoms with Gasteiger partial charge in [0.1, 0.15) is 5.82 Å². The Kier molecular flexibility index (Phi) is 4.75. The zero-order valence-electron chi connectivity index (χ0n) is 13.9. The third kappa shape index (κ3) is 3.54. The monoisotopic (exact) mass is 319 g/mol. The molecule has 0 fully saturated rings. The lowest BCUT2D eigenvalue weighted by Crippen LogP contribution is -2.20. The molecule has 0 aliphatic carbocycles. The minimum absolute atomic E-state index is 0.0206. The van der Waals surface area contributed by atoms with Gasteiger partial charge < -0.3 is 5.32 Å². The predicted molar refractivity (Wildman–Crippen MR) is 96.9 cm³/mol. The molecule has 4 nitrogen and oxygen atoms in total. The second kappa shape index (κ2) is 7.13. The van der Waals surface area contributed by atoms with E-state index in [1.807, 2.05) is 68.4 Å². The Morgan fingerprint density at radius 3 is 2.29 bits per heavy atom. The summed E-state index contributed by atoms with van der Waals surface area (Å²) in [4.78, 5) is 12.5. The van der Waals surface area contributed by atoms with Gasteiger partial charge in [0.25, 0.3) is 5.91 Å². The minimum Gasteiger partial charge on any atom is -0.366 e. The average Bonchev–Trinajstić information content (AvgIpc) is 3.05. The van der Waals surface area contributed by atoms with Gasteiger partial charge in [-0.1, -0.05) is 74.5 Å². The molecule has 2 aromatic carbocycles. The maximum absolute atomic E-state index is 12.5. The molecule has 1 aromatic heterocycles. The number of carbonyl (C=O) groups is 1. The summed E-state index contributed by atoms with van der Waals surface area (Å²) in [6.45, 7) is 4.41. The summed E-state index contributed by atoms with van der Waals surface area (Å²) in [5.41, 5.74) is 2.94. The molecule has 0 aliphatic heterocycles. The standard InChI is InChI=1S/C20H21N3O/c1-15(2)20(24)23-19(21-14-16-9-5-3-6-10-16)13-18(22-23)17-11-7-4-8-12-17/h3-13,15,21H,14H2,1-2H3. The molecule has 1 N–H and O–H groups in total. The second-order valence-corrected chi connectivity index (χ2v) is 6.02. The topological polar surface area (TPSA) is 46.9 Å². The highest BCUT2D eigenvalue weighted by atomic mass is 16.2. The fourth-order valence-electron chi connectivity index (χ4n) is 2.46. The number of anilines is 1. The molecule has 0 spiro atoms. The van der Waals surface area contributed by atoms with Crippen LogP contribution in [0.15, 0.2) is 66.7 Å². The van der Waals surface area contributed by atoms with Crippen molar-refractivity contribution in [2.45, 2.75) is 20.4 Å². The van der Waals surface area contributed by atoms with Crippen molar-refractivity contribution in [3.05, 3.63) is 72.3 Å². The largest absolute Gasteiger partial charge is 0.366 e. The van der Waals surface area contributed by atoms with Gasteiger partial charge in [0.05, 0.1) is 5.69 Å². The fourth-order valence-corrected chi connectivity index (χ4v) is 2.46. The molecule has 3 rings (SSSR count). The Labute approximate surface area is 142 Å². The van der Waals surface area contributed by atoms with Gasteiger partial charge in [-0.15, -0.1) is 0 Å². The van der Waals surface area contributed by atoms with Gasteiger partial charge in [-0.2, -0.15) is 9.78 Å². The van der Waals surface area contributed by atoms with Gasteiger partial charge in [-0.05, 0) is 5.56 Å². The van der Waals surface area contributed by atoms with Gasteiger partial charge in [-0.3, -0.25) is 4.79 Å². The van der Waals surface area contributed by atoms with Gasteiger partial charge >= 0.3 is 0 Å². The molecule has 0 radical (unpaired) electrons. The summed E-state index contributed by atoms with van der Waals surface area (Å²) in [5, 5.41) is 7.85. The van der Waals surface area contributed by atoms with Gasteiger partial charge in [-0.25, -0.2) is 0 Å². The number of benzene rings is 2. The molecule has 0 saturated carbocycles. The van der Waals surface area contributed by atoms with Crippen molar-refractivity contribution in [2.75, 3.05) is 5.32 Å². The Bertz CT molecular complexity index is 807. The van der Waals surface area contributed by atoms with Crippen molar-refractivity contribution < 1.29 is 4.79 Å². The molecule has 0 saturated heterocycles. The second-order valence-electron chi connectivity index (χ2n) is 6.02. The molecule has 122 valence electrons.